The molecular formula is C14H24N2O2S. The third kappa shape index (κ3) is 5.20. The fourth-order valence-corrected chi connectivity index (χ4v) is 2.47. The molecule has 0 spiro atoms. The highest BCUT2D eigenvalue weighted by atomic mass is 32.2. The maximum absolute atomic E-state index is 11.2. The number of benzene rings is 1. The molecule has 2 atom stereocenters. The lowest BCUT2D eigenvalue weighted by molar-refractivity contribution is 0.462. The van der Waals surface area contributed by atoms with Gasteiger partial charge in [-0.2, -0.15) is 0 Å². The van der Waals surface area contributed by atoms with Crippen molar-refractivity contribution in [2.75, 3.05) is 5.32 Å². The maximum atomic E-state index is 11.2. The van der Waals surface area contributed by atoms with Gasteiger partial charge >= 0.3 is 0 Å². The van der Waals surface area contributed by atoms with E-state index in [-0.39, 0.29) is 4.90 Å². The normalized spacial score (nSPS) is 14.9. The monoisotopic (exact) mass is 284 g/mol. The molecule has 108 valence electrons. The molecule has 0 fully saturated rings. The number of hydrogen-bond donors (Lipinski definition) is 2. The Labute approximate surface area is 116 Å². The lowest BCUT2D eigenvalue weighted by Gasteiger charge is -2.21. The smallest absolute Gasteiger partial charge is 0.238 e. The van der Waals surface area contributed by atoms with Gasteiger partial charge in [-0.3, -0.25) is 0 Å². The van der Waals surface area contributed by atoms with Crippen LogP contribution in [0.5, 0.6) is 0 Å². The highest BCUT2D eigenvalue weighted by Crippen LogP contribution is 2.18. The summed E-state index contributed by atoms with van der Waals surface area (Å²) in [6.45, 7) is 6.59. The van der Waals surface area contributed by atoms with E-state index in [1.807, 2.05) is 0 Å². The van der Waals surface area contributed by atoms with Gasteiger partial charge in [0.05, 0.1) is 4.90 Å². The van der Waals surface area contributed by atoms with E-state index in [2.05, 4.69) is 26.1 Å². The predicted octanol–water partition coefficient (Wildman–Crippen LogP) is 2.96. The van der Waals surface area contributed by atoms with Crippen LogP contribution < -0.4 is 10.5 Å². The van der Waals surface area contributed by atoms with E-state index in [4.69, 9.17) is 5.14 Å². The number of hydrogen-bond acceptors (Lipinski definition) is 3. The zero-order valence-corrected chi connectivity index (χ0v) is 12.7. The number of rotatable bonds is 7. The summed E-state index contributed by atoms with van der Waals surface area (Å²) in [4.78, 5) is 0.146. The summed E-state index contributed by atoms with van der Waals surface area (Å²) in [5.74, 6) is 0.682. The van der Waals surface area contributed by atoms with Crippen LogP contribution in [0.4, 0.5) is 5.69 Å². The second kappa shape index (κ2) is 6.91. The van der Waals surface area contributed by atoms with Gasteiger partial charge in [0.25, 0.3) is 0 Å². The zero-order valence-electron chi connectivity index (χ0n) is 11.9. The van der Waals surface area contributed by atoms with E-state index in [0.717, 1.165) is 18.5 Å². The average molecular weight is 284 g/mol. The summed E-state index contributed by atoms with van der Waals surface area (Å²) in [5, 5.41) is 8.51. The Bertz CT molecular complexity index is 483. The lowest BCUT2D eigenvalue weighted by Crippen LogP contribution is -2.21. The van der Waals surface area contributed by atoms with Crippen LogP contribution in [-0.2, 0) is 10.0 Å². The SMILES string of the molecule is CCC(C)CC(CC)Nc1ccc(S(N)(=O)=O)cc1. The summed E-state index contributed by atoms with van der Waals surface area (Å²) in [6.07, 6.45) is 3.33. The van der Waals surface area contributed by atoms with Gasteiger partial charge in [-0.05, 0) is 43.0 Å². The molecule has 1 aromatic rings. The van der Waals surface area contributed by atoms with Crippen molar-refractivity contribution in [2.45, 2.75) is 51.0 Å². The average Bonchev–Trinajstić information content (AvgIpc) is 2.37. The summed E-state index contributed by atoms with van der Waals surface area (Å²) < 4.78 is 22.3. The van der Waals surface area contributed by atoms with Crippen molar-refractivity contribution in [1.82, 2.24) is 0 Å². The molecule has 0 amide bonds. The molecule has 1 rings (SSSR count). The Morgan fingerprint density at radius 2 is 1.74 bits per heavy atom. The fourth-order valence-electron chi connectivity index (χ4n) is 1.96. The van der Waals surface area contributed by atoms with Crippen LogP contribution in [0.25, 0.3) is 0 Å². The molecule has 0 aliphatic heterocycles. The van der Waals surface area contributed by atoms with Crippen LogP contribution in [0.2, 0.25) is 0 Å². The first-order valence-electron chi connectivity index (χ1n) is 6.76. The molecule has 5 heteroatoms. The molecule has 0 saturated heterocycles. The third-order valence-corrected chi connectivity index (χ3v) is 4.36. The van der Waals surface area contributed by atoms with Crippen molar-refractivity contribution in [3.63, 3.8) is 0 Å². The van der Waals surface area contributed by atoms with E-state index >= 15 is 0 Å². The van der Waals surface area contributed by atoms with Crippen LogP contribution in [-0.4, -0.2) is 14.5 Å². The first kappa shape index (κ1) is 16.0. The maximum Gasteiger partial charge on any atom is 0.238 e. The van der Waals surface area contributed by atoms with Crippen molar-refractivity contribution in [2.24, 2.45) is 11.1 Å². The molecule has 0 saturated carbocycles. The Hall–Kier alpha value is -1.07. The molecule has 0 aromatic heterocycles. The van der Waals surface area contributed by atoms with Gasteiger partial charge in [-0.15, -0.1) is 0 Å². The Morgan fingerprint density at radius 3 is 2.16 bits per heavy atom. The van der Waals surface area contributed by atoms with E-state index in [1.165, 1.54) is 18.6 Å². The van der Waals surface area contributed by atoms with E-state index < -0.39 is 10.0 Å². The first-order valence-corrected chi connectivity index (χ1v) is 8.30. The van der Waals surface area contributed by atoms with E-state index in [9.17, 15) is 8.42 Å². The van der Waals surface area contributed by atoms with E-state index in [0.29, 0.717) is 12.0 Å². The number of sulfonamides is 1. The standard InChI is InChI=1S/C14H24N2O2S/c1-4-11(3)10-12(5-2)16-13-6-8-14(9-7-13)19(15,17)18/h6-9,11-12,16H,4-5,10H2,1-3H3,(H2,15,17,18). The summed E-state index contributed by atoms with van der Waals surface area (Å²) >= 11 is 0. The van der Waals surface area contributed by atoms with Crippen LogP contribution in [0.15, 0.2) is 29.2 Å². The minimum atomic E-state index is -3.60. The quantitative estimate of drug-likeness (QED) is 0.808. The minimum Gasteiger partial charge on any atom is -0.382 e. The summed E-state index contributed by atoms with van der Waals surface area (Å²) in [7, 11) is -3.60. The van der Waals surface area contributed by atoms with Crippen LogP contribution in [0.3, 0.4) is 0 Å². The Balaban J connectivity index is 2.71. The van der Waals surface area contributed by atoms with Gasteiger partial charge in [0, 0.05) is 11.7 Å². The van der Waals surface area contributed by atoms with Crippen molar-refractivity contribution >= 4 is 15.7 Å². The number of nitrogens with one attached hydrogen (secondary N) is 1. The molecule has 0 bridgehead atoms. The highest BCUT2D eigenvalue weighted by molar-refractivity contribution is 7.89. The molecule has 19 heavy (non-hydrogen) atoms. The first-order chi connectivity index (χ1) is 8.86. The topological polar surface area (TPSA) is 72.2 Å². The van der Waals surface area contributed by atoms with Crippen LogP contribution in [0.1, 0.15) is 40.0 Å². The van der Waals surface area contributed by atoms with Crippen molar-refractivity contribution in [3.8, 4) is 0 Å². The van der Waals surface area contributed by atoms with Crippen molar-refractivity contribution < 1.29 is 8.42 Å². The predicted molar refractivity (Wildman–Crippen MR) is 79.6 cm³/mol. The van der Waals surface area contributed by atoms with Crippen LogP contribution in [0, 0.1) is 5.92 Å². The molecule has 3 N–H and O–H groups in total. The molecule has 0 aliphatic carbocycles. The van der Waals surface area contributed by atoms with Crippen molar-refractivity contribution in [1.29, 1.82) is 0 Å². The number of anilines is 1. The molecular weight excluding hydrogens is 260 g/mol. The zero-order chi connectivity index (χ0) is 14.5. The molecule has 4 nitrogen and oxygen atoms in total. The van der Waals surface area contributed by atoms with Gasteiger partial charge in [-0.25, -0.2) is 13.6 Å². The Morgan fingerprint density at radius 1 is 1.16 bits per heavy atom. The molecule has 1 aromatic carbocycles. The number of nitrogens with two attached hydrogens (primary N) is 1. The third-order valence-electron chi connectivity index (χ3n) is 3.43. The van der Waals surface area contributed by atoms with Crippen LogP contribution >= 0.6 is 0 Å². The second-order valence-corrected chi connectivity index (χ2v) is 6.63. The Kier molecular flexibility index (Phi) is 5.82. The minimum absolute atomic E-state index is 0.146. The summed E-state index contributed by atoms with van der Waals surface area (Å²) in [6, 6.07) is 7.01. The molecule has 2 unspecified atom stereocenters. The highest BCUT2D eigenvalue weighted by Gasteiger charge is 2.11. The van der Waals surface area contributed by atoms with Gasteiger partial charge in [0.15, 0.2) is 0 Å². The largest absolute Gasteiger partial charge is 0.382 e. The lowest BCUT2D eigenvalue weighted by atomic mass is 9.97. The number of primary sulfonamides is 1. The molecule has 0 aliphatic rings. The van der Waals surface area contributed by atoms with Gasteiger partial charge in [0.1, 0.15) is 0 Å². The van der Waals surface area contributed by atoms with Gasteiger partial charge in [-0.1, -0.05) is 27.2 Å². The second-order valence-electron chi connectivity index (χ2n) is 5.07. The molecule has 0 radical (unpaired) electrons. The van der Waals surface area contributed by atoms with Gasteiger partial charge in [0.2, 0.25) is 10.0 Å². The summed E-state index contributed by atoms with van der Waals surface area (Å²) in [5.41, 5.74) is 0.933. The van der Waals surface area contributed by atoms with Gasteiger partial charge < -0.3 is 5.32 Å². The van der Waals surface area contributed by atoms with Crippen molar-refractivity contribution in [3.05, 3.63) is 24.3 Å². The molecule has 0 heterocycles. The van der Waals surface area contributed by atoms with E-state index in [1.54, 1.807) is 12.1 Å². The fraction of sp³-hybridized carbons (Fsp3) is 0.571.